The highest BCUT2D eigenvalue weighted by molar-refractivity contribution is 5.94. The van der Waals surface area contributed by atoms with Crippen LogP contribution in [0.5, 0.6) is 5.75 Å². The molecule has 0 heterocycles. The van der Waals surface area contributed by atoms with Gasteiger partial charge in [0, 0.05) is 19.2 Å². The summed E-state index contributed by atoms with van der Waals surface area (Å²) in [6.07, 6.45) is 4.52. The van der Waals surface area contributed by atoms with Crippen LogP contribution in [-0.4, -0.2) is 32.0 Å². The molecule has 0 atom stereocenters. The van der Waals surface area contributed by atoms with E-state index < -0.39 is 0 Å². The Bertz CT molecular complexity index is 443. The van der Waals surface area contributed by atoms with Crippen LogP contribution in [0.15, 0.2) is 24.3 Å². The molecule has 116 valence electrons. The second-order valence-electron chi connectivity index (χ2n) is 4.80. The van der Waals surface area contributed by atoms with Gasteiger partial charge in [-0.25, -0.2) is 0 Å². The molecule has 5 nitrogen and oxygen atoms in total. The highest BCUT2D eigenvalue weighted by atomic mass is 16.5. The molecule has 2 N–H and O–H groups in total. The Morgan fingerprint density at radius 2 is 1.81 bits per heavy atom. The van der Waals surface area contributed by atoms with Crippen molar-refractivity contribution in [3.05, 3.63) is 29.8 Å². The fourth-order valence-electron chi connectivity index (χ4n) is 1.83. The number of carbonyl (C=O) groups is 2. The first-order valence-corrected chi connectivity index (χ1v) is 7.39. The van der Waals surface area contributed by atoms with Gasteiger partial charge in [0.15, 0.2) is 6.61 Å². The second kappa shape index (κ2) is 9.80. The molecule has 0 aliphatic heterocycles. The van der Waals surface area contributed by atoms with E-state index in [1.807, 2.05) is 0 Å². The number of amides is 2. The fourth-order valence-corrected chi connectivity index (χ4v) is 1.83. The van der Waals surface area contributed by atoms with Gasteiger partial charge in [0.25, 0.3) is 11.8 Å². The van der Waals surface area contributed by atoms with Crippen LogP contribution in [0, 0.1) is 0 Å². The molecule has 0 saturated heterocycles. The molecule has 1 rings (SSSR count). The van der Waals surface area contributed by atoms with Gasteiger partial charge >= 0.3 is 0 Å². The average molecular weight is 292 g/mol. The first kappa shape index (κ1) is 17.0. The van der Waals surface area contributed by atoms with Crippen molar-refractivity contribution in [1.82, 2.24) is 10.6 Å². The first-order chi connectivity index (χ1) is 10.2. The van der Waals surface area contributed by atoms with Crippen LogP contribution in [0.1, 0.15) is 43.0 Å². The summed E-state index contributed by atoms with van der Waals surface area (Å²) in [7, 11) is 1.58. The van der Waals surface area contributed by atoms with E-state index in [9.17, 15) is 9.59 Å². The summed E-state index contributed by atoms with van der Waals surface area (Å²) < 4.78 is 5.37. The second-order valence-corrected chi connectivity index (χ2v) is 4.80. The van der Waals surface area contributed by atoms with Crippen molar-refractivity contribution >= 4 is 11.8 Å². The van der Waals surface area contributed by atoms with Gasteiger partial charge in [-0.1, -0.05) is 26.2 Å². The molecule has 0 saturated carbocycles. The number of carbonyl (C=O) groups excluding carboxylic acids is 2. The number of nitrogens with one attached hydrogen (secondary N) is 2. The smallest absolute Gasteiger partial charge is 0.257 e. The summed E-state index contributed by atoms with van der Waals surface area (Å²) in [5, 5.41) is 5.37. The van der Waals surface area contributed by atoms with Crippen molar-refractivity contribution in [2.24, 2.45) is 0 Å². The number of rotatable bonds is 9. The lowest BCUT2D eigenvalue weighted by Crippen LogP contribution is -2.29. The number of ether oxygens (including phenoxy) is 1. The number of hydrogen-bond acceptors (Lipinski definition) is 3. The van der Waals surface area contributed by atoms with E-state index in [1.54, 1.807) is 31.3 Å². The van der Waals surface area contributed by atoms with Crippen molar-refractivity contribution in [2.75, 3.05) is 20.2 Å². The zero-order valence-corrected chi connectivity index (χ0v) is 12.8. The van der Waals surface area contributed by atoms with Crippen molar-refractivity contribution in [1.29, 1.82) is 0 Å². The molecule has 0 aromatic heterocycles. The molecule has 0 unspecified atom stereocenters. The molecule has 0 aliphatic carbocycles. The number of benzene rings is 1. The maximum Gasteiger partial charge on any atom is 0.257 e. The molecular formula is C16H24N2O3. The summed E-state index contributed by atoms with van der Waals surface area (Å²) in [6, 6.07) is 6.69. The zero-order valence-electron chi connectivity index (χ0n) is 12.8. The predicted molar refractivity (Wildman–Crippen MR) is 82.5 cm³/mol. The first-order valence-electron chi connectivity index (χ1n) is 7.39. The molecule has 5 heteroatoms. The molecule has 1 aromatic carbocycles. The number of unbranched alkanes of at least 4 members (excludes halogenated alkanes) is 3. The normalized spacial score (nSPS) is 10.0. The Morgan fingerprint density at radius 3 is 2.43 bits per heavy atom. The molecule has 21 heavy (non-hydrogen) atoms. The van der Waals surface area contributed by atoms with Crippen molar-refractivity contribution in [3.63, 3.8) is 0 Å². The van der Waals surface area contributed by atoms with Crippen LogP contribution in [0.3, 0.4) is 0 Å². The van der Waals surface area contributed by atoms with E-state index in [0.29, 0.717) is 17.9 Å². The molecule has 0 spiro atoms. The molecule has 0 bridgehead atoms. The van der Waals surface area contributed by atoms with E-state index in [4.69, 9.17) is 4.74 Å². The van der Waals surface area contributed by atoms with E-state index >= 15 is 0 Å². The van der Waals surface area contributed by atoms with E-state index in [1.165, 1.54) is 12.8 Å². The SMILES string of the molecule is CCCCCCNC(=O)COc1ccc(C(=O)NC)cc1. The Hall–Kier alpha value is -2.04. The molecule has 0 aliphatic rings. The predicted octanol–water partition coefficient (Wildman–Crippen LogP) is 2.12. The van der Waals surface area contributed by atoms with Crippen LogP contribution in [0.25, 0.3) is 0 Å². The van der Waals surface area contributed by atoms with Crippen molar-refractivity contribution in [2.45, 2.75) is 32.6 Å². The minimum absolute atomic E-state index is 0.00685. The Kier molecular flexibility index (Phi) is 7.94. The lowest BCUT2D eigenvalue weighted by molar-refractivity contribution is -0.123. The largest absolute Gasteiger partial charge is 0.484 e. The Balaban J connectivity index is 2.25. The quantitative estimate of drug-likeness (QED) is 0.685. The maximum absolute atomic E-state index is 11.6. The third kappa shape index (κ3) is 6.79. The molecule has 0 fully saturated rings. The summed E-state index contributed by atoms with van der Waals surface area (Å²) >= 11 is 0. The van der Waals surface area contributed by atoms with Gasteiger partial charge in [-0.05, 0) is 30.7 Å². The van der Waals surface area contributed by atoms with Crippen LogP contribution in [0.4, 0.5) is 0 Å². The van der Waals surface area contributed by atoms with Gasteiger partial charge in [-0.15, -0.1) is 0 Å². The van der Waals surface area contributed by atoms with Gasteiger partial charge in [0.2, 0.25) is 0 Å². The summed E-state index contributed by atoms with van der Waals surface area (Å²) in [4.78, 5) is 22.9. The summed E-state index contributed by atoms with van der Waals surface area (Å²) in [5.74, 6) is 0.303. The van der Waals surface area contributed by atoms with Crippen molar-refractivity contribution < 1.29 is 14.3 Å². The van der Waals surface area contributed by atoms with Gasteiger partial charge < -0.3 is 15.4 Å². The Labute approximate surface area is 126 Å². The lowest BCUT2D eigenvalue weighted by atomic mass is 10.2. The molecule has 0 radical (unpaired) electrons. The summed E-state index contributed by atoms with van der Waals surface area (Å²) in [6.45, 7) is 2.84. The maximum atomic E-state index is 11.6. The van der Waals surface area contributed by atoms with Crippen molar-refractivity contribution in [3.8, 4) is 5.75 Å². The van der Waals surface area contributed by atoms with E-state index in [2.05, 4.69) is 17.6 Å². The minimum atomic E-state index is -0.147. The molecular weight excluding hydrogens is 268 g/mol. The van der Waals surface area contributed by atoms with E-state index in [0.717, 1.165) is 12.8 Å². The summed E-state index contributed by atoms with van der Waals surface area (Å²) in [5.41, 5.74) is 0.560. The fraction of sp³-hybridized carbons (Fsp3) is 0.500. The highest BCUT2D eigenvalue weighted by Gasteiger charge is 2.05. The van der Waals surface area contributed by atoms with Gasteiger partial charge in [0.1, 0.15) is 5.75 Å². The van der Waals surface area contributed by atoms with Crippen LogP contribution < -0.4 is 15.4 Å². The lowest BCUT2D eigenvalue weighted by Gasteiger charge is -2.08. The third-order valence-electron chi connectivity index (χ3n) is 3.07. The topological polar surface area (TPSA) is 67.4 Å². The van der Waals surface area contributed by atoms with Crippen LogP contribution in [-0.2, 0) is 4.79 Å². The highest BCUT2D eigenvalue weighted by Crippen LogP contribution is 2.11. The third-order valence-corrected chi connectivity index (χ3v) is 3.07. The zero-order chi connectivity index (χ0) is 15.5. The minimum Gasteiger partial charge on any atom is -0.484 e. The van der Waals surface area contributed by atoms with Crippen LogP contribution >= 0.6 is 0 Å². The van der Waals surface area contributed by atoms with Gasteiger partial charge in [-0.2, -0.15) is 0 Å². The van der Waals surface area contributed by atoms with Gasteiger partial charge in [0.05, 0.1) is 0 Å². The van der Waals surface area contributed by atoms with E-state index in [-0.39, 0.29) is 18.4 Å². The van der Waals surface area contributed by atoms with Gasteiger partial charge in [-0.3, -0.25) is 9.59 Å². The standard InChI is InChI=1S/C16H24N2O3/c1-3-4-5-6-11-18-15(19)12-21-14-9-7-13(8-10-14)16(20)17-2/h7-10H,3-6,11-12H2,1-2H3,(H,17,20)(H,18,19). The monoisotopic (exact) mass is 292 g/mol. The molecule has 1 aromatic rings. The number of hydrogen-bond donors (Lipinski definition) is 2. The van der Waals surface area contributed by atoms with Crippen LogP contribution in [0.2, 0.25) is 0 Å². The Morgan fingerprint density at radius 1 is 1.10 bits per heavy atom. The average Bonchev–Trinajstić information content (AvgIpc) is 2.52. The molecule has 2 amide bonds.